The number of amides is 2. The fourth-order valence-electron chi connectivity index (χ4n) is 2.71. The molecule has 0 saturated heterocycles. The second kappa shape index (κ2) is 9.50. The molecule has 24 heavy (non-hydrogen) atoms. The van der Waals surface area contributed by atoms with Crippen molar-refractivity contribution < 1.29 is 9.59 Å². The molecule has 0 aliphatic rings. The van der Waals surface area contributed by atoms with E-state index in [4.69, 9.17) is 0 Å². The molecule has 0 atom stereocenters. The average molecular weight is 335 g/mol. The largest absolute Gasteiger partial charge is 0.353 e. The Morgan fingerprint density at radius 3 is 2.29 bits per heavy atom. The smallest absolute Gasteiger partial charge is 0.242 e. The fourth-order valence-corrected chi connectivity index (χ4v) is 2.71. The normalized spacial score (nSPS) is 11.2. The summed E-state index contributed by atoms with van der Waals surface area (Å²) in [5, 5.41) is 0. The number of carbonyl (C=O) groups is 2. The van der Waals surface area contributed by atoms with Crippen molar-refractivity contribution in [2.45, 2.75) is 60.0 Å². The molecule has 1 heterocycles. The molecule has 1 aromatic heterocycles. The molecule has 0 unspecified atom stereocenters. The van der Waals surface area contributed by atoms with E-state index in [-0.39, 0.29) is 24.4 Å². The van der Waals surface area contributed by atoms with Crippen LogP contribution in [0.1, 0.15) is 53.2 Å². The van der Waals surface area contributed by atoms with Gasteiger partial charge in [-0.15, -0.1) is 0 Å². The van der Waals surface area contributed by atoms with Gasteiger partial charge in [-0.2, -0.15) is 0 Å². The number of hydrogen-bond acceptors (Lipinski definition) is 2. The maximum atomic E-state index is 12.9. The van der Waals surface area contributed by atoms with Crippen LogP contribution >= 0.6 is 0 Å². The van der Waals surface area contributed by atoms with Gasteiger partial charge in [0, 0.05) is 37.9 Å². The van der Waals surface area contributed by atoms with E-state index in [9.17, 15) is 9.59 Å². The molecule has 0 saturated carbocycles. The van der Waals surface area contributed by atoms with Gasteiger partial charge in [-0.05, 0) is 38.3 Å². The molecule has 0 fully saturated rings. The molecule has 5 nitrogen and oxygen atoms in total. The molecule has 5 heteroatoms. The molecule has 0 N–H and O–H groups in total. The minimum Gasteiger partial charge on any atom is -0.353 e. The van der Waals surface area contributed by atoms with Gasteiger partial charge in [-0.3, -0.25) is 9.59 Å². The van der Waals surface area contributed by atoms with E-state index in [2.05, 4.69) is 13.8 Å². The summed E-state index contributed by atoms with van der Waals surface area (Å²) in [5.74, 6) is 0.459. The third-order valence-electron chi connectivity index (χ3n) is 4.06. The van der Waals surface area contributed by atoms with Crippen molar-refractivity contribution in [2.24, 2.45) is 13.0 Å². The second-order valence-electron chi connectivity index (χ2n) is 7.14. The van der Waals surface area contributed by atoms with Gasteiger partial charge in [0.15, 0.2) is 0 Å². The van der Waals surface area contributed by atoms with Crippen LogP contribution in [-0.4, -0.2) is 45.3 Å². The van der Waals surface area contributed by atoms with Gasteiger partial charge < -0.3 is 14.4 Å². The lowest BCUT2D eigenvalue weighted by Crippen LogP contribution is -2.46. The monoisotopic (exact) mass is 335 g/mol. The molecule has 0 aromatic carbocycles. The first kappa shape index (κ1) is 20.3. The van der Waals surface area contributed by atoms with Crippen LogP contribution in [-0.2, 0) is 23.2 Å². The van der Waals surface area contributed by atoms with E-state index >= 15 is 0 Å². The maximum absolute atomic E-state index is 12.9. The molecule has 0 aliphatic carbocycles. The average Bonchev–Trinajstić information content (AvgIpc) is 2.88. The van der Waals surface area contributed by atoms with E-state index in [0.717, 1.165) is 12.1 Å². The summed E-state index contributed by atoms with van der Waals surface area (Å²) in [6.07, 6.45) is 3.28. The van der Waals surface area contributed by atoms with Crippen LogP contribution < -0.4 is 0 Å². The Labute approximate surface area is 146 Å². The first-order chi connectivity index (χ1) is 11.3. The van der Waals surface area contributed by atoms with Crippen molar-refractivity contribution >= 4 is 11.8 Å². The lowest BCUT2D eigenvalue weighted by atomic mass is 10.2. The number of aromatic nitrogens is 1. The lowest BCUT2D eigenvalue weighted by molar-refractivity contribution is -0.142. The van der Waals surface area contributed by atoms with Crippen LogP contribution in [0.25, 0.3) is 0 Å². The minimum absolute atomic E-state index is 0.0167. The molecule has 2 amide bonds. The van der Waals surface area contributed by atoms with Crippen molar-refractivity contribution in [1.29, 1.82) is 0 Å². The first-order valence-electron chi connectivity index (χ1n) is 8.93. The van der Waals surface area contributed by atoms with E-state index in [1.165, 1.54) is 0 Å². The van der Waals surface area contributed by atoms with Gasteiger partial charge in [0.2, 0.25) is 11.8 Å². The summed E-state index contributed by atoms with van der Waals surface area (Å²) in [5.41, 5.74) is 1.10. The summed E-state index contributed by atoms with van der Waals surface area (Å²) in [4.78, 5) is 28.7. The van der Waals surface area contributed by atoms with Crippen molar-refractivity contribution in [3.05, 3.63) is 24.0 Å². The first-order valence-corrected chi connectivity index (χ1v) is 8.93. The summed E-state index contributed by atoms with van der Waals surface area (Å²) < 4.78 is 2.03. The predicted molar refractivity (Wildman–Crippen MR) is 97.4 cm³/mol. The number of hydrogen-bond donors (Lipinski definition) is 0. The zero-order chi connectivity index (χ0) is 18.3. The number of aryl methyl sites for hydroxylation is 1. The number of nitrogens with zero attached hydrogens (tertiary/aromatic N) is 3. The molecule has 0 radical (unpaired) electrons. The van der Waals surface area contributed by atoms with Gasteiger partial charge in [0.05, 0.1) is 13.1 Å². The Kier molecular flexibility index (Phi) is 8.02. The SMILES string of the molecule is CCCC(=O)N(CC(=O)N(Cc1cccn1C)CC(C)C)C(C)C. The van der Waals surface area contributed by atoms with Crippen molar-refractivity contribution in [1.82, 2.24) is 14.4 Å². The Morgan fingerprint density at radius 2 is 1.83 bits per heavy atom. The van der Waals surface area contributed by atoms with Crippen LogP contribution in [0.5, 0.6) is 0 Å². The zero-order valence-corrected chi connectivity index (χ0v) is 16.1. The standard InChI is InChI=1S/C19H33N3O2/c1-7-9-18(23)22(16(4)5)14-19(24)21(12-15(2)3)13-17-10-8-11-20(17)6/h8,10-11,15-16H,7,9,12-14H2,1-6H3. The van der Waals surface area contributed by atoms with Crippen LogP contribution in [0.3, 0.4) is 0 Å². The van der Waals surface area contributed by atoms with Crippen LogP contribution in [0.2, 0.25) is 0 Å². The van der Waals surface area contributed by atoms with Gasteiger partial charge in [0.1, 0.15) is 0 Å². The molecule has 0 spiro atoms. The summed E-state index contributed by atoms with van der Waals surface area (Å²) >= 11 is 0. The fraction of sp³-hybridized carbons (Fsp3) is 0.684. The van der Waals surface area contributed by atoms with Crippen molar-refractivity contribution in [3.63, 3.8) is 0 Å². The third-order valence-corrected chi connectivity index (χ3v) is 4.06. The molecule has 1 rings (SSSR count). The minimum atomic E-state index is 0.0167. The Hall–Kier alpha value is -1.78. The van der Waals surface area contributed by atoms with E-state index in [1.54, 1.807) is 4.90 Å². The molecule has 1 aromatic rings. The number of carbonyl (C=O) groups excluding carboxylic acids is 2. The maximum Gasteiger partial charge on any atom is 0.242 e. The molecule has 136 valence electrons. The highest BCUT2D eigenvalue weighted by Gasteiger charge is 2.23. The molecule has 0 bridgehead atoms. The van der Waals surface area contributed by atoms with Crippen LogP contribution in [0.15, 0.2) is 18.3 Å². The van der Waals surface area contributed by atoms with Crippen molar-refractivity contribution in [3.8, 4) is 0 Å². The quantitative estimate of drug-likeness (QED) is 0.696. The molecule has 0 aliphatic heterocycles. The van der Waals surface area contributed by atoms with E-state index < -0.39 is 0 Å². The van der Waals surface area contributed by atoms with Crippen molar-refractivity contribution in [2.75, 3.05) is 13.1 Å². The van der Waals surface area contributed by atoms with Gasteiger partial charge >= 0.3 is 0 Å². The highest BCUT2D eigenvalue weighted by molar-refractivity contribution is 5.85. The second-order valence-corrected chi connectivity index (χ2v) is 7.14. The third kappa shape index (κ3) is 6.02. The van der Waals surface area contributed by atoms with Gasteiger partial charge in [0.25, 0.3) is 0 Å². The highest BCUT2D eigenvalue weighted by atomic mass is 16.2. The molecular formula is C19H33N3O2. The summed E-state index contributed by atoms with van der Waals surface area (Å²) in [6, 6.07) is 4.05. The Balaban J connectivity index is 2.86. The van der Waals surface area contributed by atoms with E-state index in [0.29, 0.717) is 25.4 Å². The highest BCUT2D eigenvalue weighted by Crippen LogP contribution is 2.11. The van der Waals surface area contributed by atoms with Gasteiger partial charge in [-0.1, -0.05) is 20.8 Å². The lowest BCUT2D eigenvalue weighted by Gasteiger charge is -2.31. The van der Waals surface area contributed by atoms with E-state index in [1.807, 2.05) is 55.6 Å². The predicted octanol–water partition coefficient (Wildman–Crippen LogP) is 3.05. The topological polar surface area (TPSA) is 45.6 Å². The summed E-state index contributed by atoms with van der Waals surface area (Å²) in [6.45, 7) is 11.6. The van der Waals surface area contributed by atoms with Crippen LogP contribution in [0.4, 0.5) is 0 Å². The Bertz CT molecular complexity index is 534. The summed E-state index contributed by atoms with van der Waals surface area (Å²) in [7, 11) is 1.98. The van der Waals surface area contributed by atoms with Gasteiger partial charge in [-0.25, -0.2) is 0 Å². The Morgan fingerprint density at radius 1 is 1.17 bits per heavy atom. The van der Waals surface area contributed by atoms with Crippen LogP contribution in [0, 0.1) is 5.92 Å². The number of rotatable bonds is 9. The zero-order valence-electron chi connectivity index (χ0n) is 16.1. The molecular weight excluding hydrogens is 302 g/mol.